The number of aryl methyl sites for hydroxylation is 2. The molecule has 0 unspecified atom stereocenters. The van der Waals surface area contributed by atoms with E-state index in [1.165, 1.54) is 22.3 Å². The van der Waals surface area contributed by atoms with Crippen molar-refractivity contribution in [1.82, 2.24) is 0 Å². The van der Waals surface area contributed by atoms with Crippen molar-refractivity contribution in [2.24, 2.45) is 0 Å². The van der Waals surface area contributed by atoms with E-state index in [0.29, 0.717) is 0 Å². The van der Waals surface area contributed by atoms with Gasteiger partial charge in [0, 0.05) is 0 Å². The summed E-state index contributed by atoms with van der Waals surface area (Å²) in [6.07, 6.45) is 0.976. The molecule has 0 aromatic heterocycles. The Morgan fingerprint density at radius 3 is 2.33 bits per heavy atom. The molecule has 0 atom stereocenters. The first-order chi connectivity index (χ1) is 7.24. The molecular weight excluding hydrogens is 180 g/mol. The van der Waals surface area contributed by atoms with Crippen LogP contribution in [0, 0.1) is 19.9 Å². The second kappa shape index (κ2) is 4.31. The third kappa shape index (κ3) is 2.69. The summed E-state index contributed by atoms with van der Waals surface area (Å²) < 4.78 is 0. The average Bonchev–Trinajstić information content (AvgIpc) is 2.17. The molecule has 2 rings (SSSR count). The van der Waals surface area contributed by atoms with Gasteiger partial charge >= 0.3 is 0 Å². The predicted octanol–water partition coefficient (Wildman–Crippen LogP) is 3.69. The van der Waals surface area contributed by atoms with E-state index in [1.807, 2.05) is 12.1 Å². The van der Waals surface area contributed by atoms with Crippen LogP contribution in [-0.4, -0.2) is 0 Å². The van der Waals surface area contributed by atoms with Gasteiger partial charge in [-0.3, -0.25) is 0 Å². The Morgan fingerprint density at radius 2 is 1.73 bits per heavy atom. The highest BCUT2D eigenvalue weighted by molar-refractivity contribution is 5.32. The summed E-state index contributed by atoms with van der Waals surface area (Å²) >= 11 is 0. The summed E-state index contributed by atoms with van der Waals surface area (Å²) in [6.45, 7) is 4.29. The molecule has 0 heteroatoms. The Hall–Kier alpha value is -1.56. The minimum atomic E-state index is 0.976. The second-order valence-electron chi connectivity index (χ2n) is 4.06. The molecule has 2 aromatic carbocycles. The molecule has 0 nitrogen and oxygen atoms in total. The number of rotatable bonds is 2. The van der Waals surface area contributed by atoms with E-state index in [4.69, 9.17) is 0 Å². The molecule has 15 heavy (non-hydrogen) atoms. The monoisotopic (exact) mass is 195 g/mol. The van der Waals surface area contributed by atoms with Crippen LogP contribution in [0.25, 0.3) is 0 Å². The van der Waals surface area contributed by atoms with Crippen molar-refractivity contribution < 1.29 is 0 Å². The maximum atomic E-state index is 3.26. The zero-order valence-corrected chi connectivity index (χ0v) is 9.25. The molecular formula is C15H15. The lowest BCUT2D eigenvalue weighted by molar-refractivity contribution is 1.16. The van der Waals surface area contributed by atoms with Gasteiger partial charge in [0.25, 0.3) is 0 Å². The van der Waals surface area contributed by atoms with Crippen molar-refractivity contribution in [2.45, 2.75) is 20.3 Å². The second-order valence-corrected chi connectivity index (χ2v) is 4.06. The Balaban J connectivity index is 2.25. The molecule has 1 radical (unpaired) electrons. The third-order valence-electron chi connectivity index (χ3n) is 2.45. The van der Waals surface area contributed by atoms with Gasteiger partial charge in [0.15, 0.2) is 0 Å². The Labute approximate surface area is 91.6 Å². The summed E-state index contributed by atoms with van der Waals surface area (Å²) in [4.78, 5) is 0. The van der Waals surface area contributed by atoms with Crippen molar-refractivity contribution in [3.05, 3.63) is 70.8 Å². The zero-order valence-electron chi connectivity index (χ0n) is 9.25. The molecule has 0 amide bonds. The van der Waals surface area contributed by atoms with Crippen LogP contribution in [0.5, 0.6) is 0 Å². The summed E-state index contributed by atoms with van der Waals surface area (Å²) in [7, 11) is 0. The summed E-state index contributed by atoms with van der Waals surface area (Å²) in [5.74, 6) is 0. The van der Waals surface area contributed by atoms with Gasteiger partial charge in [-0.15, -0.1) is 0 Å². The van der Waals surface area contributed by atoms with E-state index in [2.05, 4.69) is 50.2 Å². The Kier molecular flexibility index (Phi) is 2.86. The van der Waals surface area contributed by atoms with Crippen LogP contribution in [0.1, 0.15) is 22.3 Å². The molecule has 0 bridgehead atoms. The van der Waals surface area contributed by atoms with Crippen LogP contribution >= 0.6 is 0 Å². The van der Waals surface area contributed by atoms with Crippen molar-refractivity contribution in [1.29, 1.82) is 0 Å². The molecule has 0 spiro atoms. The predicted molar refractivity (Wildman–Crippen MR) is 64.0 cm³/mol. The van der Waals surface area contributed by atoms with Crippen LogP contribution in [0.2, 0.25) is 0 Å². The van der Waals surface area contributed by atoms with Gasteiger partial charge in [-0.25, -0.2) is 0 Å². The Bertz CT molecular complexity index is 421. The highest BCUT2D eigenvalue weighted by Gasteiger charge is 1.97. The van der Waals surface area contributed by atoms with Crippen LogP contribution < -0.4 is 0 Å². The van der Waals surface area contributed by atoms with Gasteiger partial charge in [-0.2, -0.15) is 0 Å². The van der Waals surface area contributed by atoms with E-state index in [1.54, 1.807) is 0 Å². The molecule has 0 saturated heterocycles. The summed E-state index contributed by atoms with van der Waals surface area (Å²) in [6, 6.07) is 18.1. The van der Waals surface area contributed by atoms with Gasteiger partial charge in [0.2, 0.25) is 0 Å². The smallest absolute Gasteiger partial charge is 0.00194 e. The average molecular weight is 195 g/mol. The zero-order chi connectivity index (χ0) is 10.7. The number of hydrogen-bond donors (Lipinski definition) is 0. The molecule has 0 saturated carbocycles. The SMILES string of the molecule is Cc1cc(C)cc(Cc2[c]cccc2)c1. The first-order valence-corrected chi connectivity index (χ1v) is 5.27. The lowest BCUT2D eigenvalue weighted by Gasteiger charge is -2.04. The molecule has 0 heterocycles. The Morgan fingerprint density at radius 1 is 1.00 bits per heavy atom. The van der Waals surface area contributed by atoms with Gasteiger partial charge in [0.05, 0.1) is 0 Å². The standard InChI is InChI=1S/C15H15/c1-12-8-13(2)10-15(9-12)11-14-6-4-3-5-7-14/h3-6,8-10H,11H2,1-2H3. The van der Waals surface area contributed by atoms with Crippen LogP contribution in [0.4, 0.5) is 0 Å². The molecule has 0 fully saturated rings. The van der Waals surface area contributed by atoms with Crippen LogP contribution in [0.3, 0.4) is 0 Å². The van der Waals surface area contributed by atoms with Crippen LogP contribution in [-0.2, 0) is 6.42 Å². The number of benzene rings is 2. The van der Waals surface area contributed by atoms with Crippen LogP contribution in [0.15, 0.2) is 42.5 Å². The number of hydrogen-bond acceptors (Lipinski definition) is 0. The van der Waals surface area contributed by atoms with E-state index in [0.717, 1.165) is 6.42 Å². The van der Waals surface area contributed by atoms with Crippen molar-refractivity contribution >= 4 is 0 Å². The summed E-state index contributed by atoms with van der Waals surface area (Å²) in [5.41, 5.74) is 5.29. The van der Waals surface area contributed by atoms with Crippen molar-refractivity contribution in [3.8, 4) is 0 Å². The fraction of sp³-hybridized carbons (Fsp3) is 0.200. The minimum absolute atomic E-state index is 0.976. The lowest BCUT2D eigenvalue weighted by Crippen LogP contribution is -1.90. The van der Waals surface area contributed by atoms with Crippen molar-refractivity contribution in [2.75, 3.05) is 0 Å². The van der Waals surface area contributed by atoms with E-state index >= 15 is 0 Å². The lowest BCUT2D eigenvalue weighted by atomic mass is 10.0. The van der Waals surface area contributed by atoms with Gasteiger partial charge in [0.1, 0.15) is 0 Å². The fourth-order valence-corrected chi connectivity index (χ4v) is 1.93. The molecule has 0 N–H and O–H groups in total. The minimum Gasteiger partial charge on any atom is -0.0619 e. The van der Waals surface area contributed by atoms with Gasteiger partial charge in [-0.1, -0.05) is 53.6 Å². The van der Waals surface area contributed by atoms with Gasteiger partial charge < -0.3 is 0 Å². The molecule has 0 aliphatic heterocycles. The molecule has 75 valence electrons. The van der Waals surface area contributed by atoms with Gasteiger partial charge in [-0.05, 0) is 37.5 Å². The molecule has 2 aromatic rings. The maximum Gasteiger partial charge on any atom is -0.00194 e. The molecule has 0 aliphatic rings. The topological polar surface area (TPSA) is 0 Å². The largest absolute Gasteiger partial charge is 0.0619 e. The highest BCUT2D eigenvalue weighted by atomic mass is 14.0. The fourth-order valence-electron chi connectivity index (χ4n) is 1.93. The van der Waals surface area contributed by atoms with Crippen molar-refractivity contribution in [3.63, 3.8) is 0 Å². The van der Waals surface area contributed by atoms with E-state index in [9.17, 15) is 0 Å². The van der Waals surface area contributed by atoms with E-state index in [-0.39, 0.29) is 0 Å². The maximum absolute atomic E-state index is 3.26. The molecule has 0 aliphatic carbocycles. The first kappa shape index (κ1) is 9.97. The highest BCUT2D eigenvalue weighted by Crippen LogP contribution is 2.13. The quantitative estimate of drug-likeness (QED) is 0.685. The third-order valence-corrected chi connectivity index (χ3v) is 2.45. The normalized spacial score (nSPS) is 10.3. The summed E-state index contributed by atoms with van der Waals surface area (Å²) in [5, 5.41) is 0. The van der Waals surface area contributed by atoms with E-state index < -0.39 is 0 Å². The first-order valence-electron chi connectivity index (χ1n) is 5.27.